The third-order valence-electron chi connectivity index (χ3n) is 3.57. The number of nitrogens with zero attached hydrogens (tertiary/aromatic N) is 2. The molecule has 0 spiro atoms. The Kier molecular flexibility index (Phi) is 6.52. The van der Waals surface area contributed by atoms with Gasteiger partial charge < -0.3 is 10.2 Å². The maximum atomic E-state index is 12.2. The molecule has 0 aromatic heterocycles. The topological polar surface area (TPSA) is 35.6 Å². The van der Waals surface area contributed by atoms with Crippen molar-refractivity contribution in [1.29, 1.82) is 0 Å². The minimum Gasteiger partial charge on any atom is -0.339 e. The second-order valence-electron chi connectivity index (χ2n) is 4.99. The molecule has 0 aromatic rings. The molecule has 0 bridgehead atoms. The van der Waals surface area contributed by atoms with Gasteiger partial charge in [-0.3, -0.25) is 9.69 Å². The van der Waals surface area contributed by atoms with Crippen molar-refractivity contribution in [2.45, 2.75) is 38.6 Å². The fraction of sp³-hybridized carbons (Fsp3) is 0.923. The summed E-state index contributed by atoms with van der Waals surface area (Å²) in [7, 11) is 3.95. The number of hydrogen-bond donors (Lipinski definition) is 1. The first-order valence-electron chi connectivity index (χ1n) is 6.81. The van der Waals surface area contributed by atoms with Crippen LogP contribution in [-0.4, -0.2) is 62.0 Å². The summed E-state index contributed by atoms with van der Waals surface area (Å²) in [4.78, 5) is 16.4. The summed E-state index contributed by atoms with van der Waals surface area (Å²) in [6, 6.07) is 0.481. The highest BCUT2D eigenvalue weighted by Gasteiger charge is 2.25. The molecule has 1 unspecified atom stereocenters. The number of likely N-dealkylation sites (N-methyl/N-ethyl adjacent to an activating group) is 2. The number of carbonyl (C=O) groups excluding carboxylic acids is 1. The zero-order valence-corrected chi connectivity index (χ0v) is 11.5. The van der Waals surface area contributed by atoms with Gasteiger partial charge >= 0.3 is 0 Å². The van der Waals surface area contributed by atoms with Gasteiger partial charge in [-0.1, -0.05) is 6.92 Å². The van der Waals surface area contributed by atoms with Gasteiger partial charge in [0.15, 0.2) is 0 Å². The van der Waals surface area contributed by atoms with Crippen LogP contribution in [0.1, 0.15) is 32.6 Å². The number of rotatable bonds is 6. The molecule has 1 amide bonds. The fourth-order valence-electron chi connectivity index (χ4n) is 2.46. The van der Waals surface area contributed by atoms with Gasteiger partial charge in [-0.15, -0.1) is 0 Å². The van der Waals surface area contributed by atoms with E-state index in [-0.39, 0.29) is 0 Å². The zero-order valence-electron chi connectivity index (χ0n) is 11.5. The zero-order chi connectivity index (χ0) is 12.7. The lowest BCUT2D eigenvalue weighted by atomic mass is 10.00. The third kappa shape index (κ3) is 4.64. The van der Waals surface area contributed by atoms with E-state index in [1.54, 1.807) is 0 Å². The molecule has 1 aliphatic rings. The molecule has 100 valence electrons. The number of amides is 1. The number of carbonyl (C=O) groups is 1. The molecule has 0 saturated carbocycles. The fourth-order valence-corrected chi connectivity index (χ4v) is 2.46. The van der Waals surface area contributed by atoms with Crippen LogP contribution in [0.15, 0.2) is 0 Å². The van der Waals surface area contributed by atoms with Crippen molar-refractivity contribution < 1.29 is 4.79 Å². The lowest BCUT2D eigenvalue weighted by Crippen LogP contribution is -2.47. The Morgan fingerprint density at radius 3 is 2.88 bits per heavy atom. The van der Waals surface area contributed by atoms with Crippen LogP contribution in [0.5, 0.6) is 0 Å². The quantitative estimate of drug-likeness (QED) is 0.751. The van der Waals surface area contributed by atoms with E-state index in [0.717, 1.165) is 26.1 Å². The van der Waals surface area contributed by atoms with Gasteiger partial charge in [-0.25, -0.2) is 0 Å². The molecule has 4 nitrogen and oxygen atoms in total. The summed E-state index contributed by atoms with van der Waals surface area (Å²) in [5.74, 6) is 0.301. The van der Waals surface area contributed by atoms with Crippen LogP contribution >= 0.6 is 0 Å². The molecule has 1 heterocycles. The molecule has 1 aliphatic heterocycles. The molecular formula is C13H27N3O. The normalized spacial score (nSPS) is 20.9. The Hall–Kier alpha value is -0.610. The Labute approximate surface area is 105 Å². The monoisotopic (exact) mass is 241 g/mol. The van der Waals surface area contributed by atoms with Crippen molar-refractivity contribution in [1.82, 2.24) is 15.1 Å². The Morgan fingerprint density at radius 2 is 2.24 bits per heavy atom. The highest BCUT2D eigenvalue weighted by molar-refractivity contribution is 5.78. The summed E-state index contributed by atoms with van der Waals surface area (Å²) in [5, 5.41) is 3.10. The van der Waals surface area contributed by atoms with E-state index in [4.69, 9.17) is 0 Å². The molecule has 0 aliphatic carbocycles. The molecule has 0 aromatic carbocycles. The van der Waals surface area contributed by atoms with E-state index in [9.17, 15) is 4.79 Å². The smallest absolute Gasteiger partial charge is 0.236 e. The van der Waals surface area contributed by atoms with Crippen LogP contribution in [0.25, 0.3) is 0 Å². The third-order valence-corrected chi connectivity index (χ3v) is 3.57. The molecular weight excluding hydrogens is 214 g/mol. The first-order chi connectivity index (χ1) is 8.19. The van der Waals surface area contributed by atoms with E-state index in [1.165, 1.54) is 19.3 Å². The van der Waals surface area contributed by atoms with E-state index >= 15 is 0 Å². The van der Waals surface area contributed by atoms with E-state index in [0.29, 0.717) is 18.5 Å². The molecule has 0 radical (unpaired) electrons. The van der Waals surface area contributed by atoms with Crippen LogP contribution in [-0.2, 0) is 4.79 Å². The van der Waals surface area contributed by atoms with Crippen LogP contribution < -0.4 is 5.32 Å². The standard InChI is InChI=1S/C13H27N3O/c1-4-12-7-5-6-9-16(12)13(17)11-15(3)10-8-14-2/h12,14H,4-11H2,1-3H3. The van der Waals surface area contributed by atoms with Crippen molar-refractivity contribution in [3.63, 3.8) is 0 Å². The largest absolute Gasteiger partial charge is 0.339 e. The van der Waals surface area contributed by atoms with Crippen molar-refractivity contribution in [3.8, 4) is 0 Å². The van der Waals surface area contributed by atoms with Crippen LogP contribution in [0.4, 0.5) is 0 Å². The number of likely N-dealkylation sites (tertiary alicyclic amines) is 1. The van der Waals surface area contributed by atoms with Crippen molar-refractivity contribution in [2.24, 2.45) is 0 Å². The maximum absolute atomic E-state index is 12.2. The van der Waals surface area contributed by atoms with Gasteiger partial charge in [0.25, 0.3) is 0 Å². The Morgan fingerprint density at radius 1 is 1.47 bits per heavy atom. The molecule has 1 atom stereocenters. The first kappa shape index (κ1) is 14.5. The minimum absolute atomic E-state index is 0.301. The maximum Gasteiger partial charge on any atom is 0.236 e. The van der Waals surface area contributed by atoms with Gasteiger partial charge in [0.2, 0.25) is 5.91 Å². The Balaban J connectivity index is 2.39. The number of nitrogens with one attached hydrogen (secondary N) is 1. The van der Waals surface area contributed by atoms with Crippen molar-refractivity contribution in [2.75, 3.05) is 40.3 Å². The summed E-state index contributed by atoms with van der Waals surface area (Å²) in [5.41, 5.74) is 0. The van der Waals surface area contributed by atoms with Gasteiger partial charge in [0, 0.05) is 25.7 Å². The van der Waals surface area contributed by atoms with Crippen molar-refractivity contribution >= 4 is 5.91 Å². The summed E-state index contributed by atoms with van der Waals surface area (Å²) in [6.45, 7) is 5.55. The average Bonchev–Trinajstić information content (AvgIpc) is 2.36. The first-order valence-corrected chi connectivity index (χ1v) is 6.81. The van der Waals surface area contributed by atoms with Crippen molar-refractivity contribution in [3.05, 3.63) is 0 Å². The van der Waals surface area contributed by atoms with E-state index in [2.05, 4.69) is 22.0 Å². The molecule has 17 heavy (non-hydrogen) atoms. The molecule has 1 rings (SSSR count). The predicted octanol–water partition coefficient (Wildman–Crippen LogP) is 0.929. The van der Waals surface area contributed by atoms with Gasteiger partial charge in [-0.2, -0.15) is 0 Å². The summed E-state index contributed by atoms with van der Waals surface area (Å²) >= 11 is 0. The lowest BCUT2D eigenvalue weighted by Gasteiger charge is -2.36. The summed E-state index contributed by atoms with van der Waals surface area (Å²) in [6.07, 6.45) is 4.72. The predicted molar refractivity (Wildman–Crippen MR) is 71.1 cm³/mol. The number of hydrogen-bond acceptors (Lipinski definition) is 3. The van der Waals surface area contributed by atoms with Crippen LogP contribution in [0.3, 0.4) is 0 Å². The number of piperidine rings is 1. The second-order valence-corrected chi connectivity index (χ2v) is 4.99. The van der Waals surface area contributed by atoms with Gasteiger partial charge in [0.1, 0.15) is 0 Å². The molecule has 1 N–H and O–H groups in total. The average molecular weight is 241 g/mol. The molecule has 1 saturated heterocycles. The van der Waals surface area contributed by atoms with Crippen LogP contribution in [0, 0.1) is 0 Å². The lowest BCUT2D eigenvalue weighted by molar-refractivity contribution is -0.135. The van der Waals surface area contributed by atoms with Crippen LogP contribution in [0.2, 0.25) is 0 Å². The second kappa shape index (κ2) is 7.67. The van der Waals surface area contributed by atoms with Gasteiger partial charge in [-0.05, 0) is 39.8 Å². The highest BCUT2D eigenvalue weighted by atomic mass is 16.2. The van der Waals surface area contributed by atoms with Gasteiger partial charge in [0.05, 0.1) is 6.54 Å². The molecule has 4 heteroatoms. The SMILES string of the molecule is CCC1CCCCN1C(=O)CN(C)CCNC. The van der Waals surface area contributed by atoms with E-state index < -0.39 is 0 Å². The highest BCUT2D eigenvalue weighted by Crippen LogP contribution is 2.19. The minimum atomic E-state index is 0.301. The molecule has 1 fully saturated rings. The summed E-state index contributed by atoms with van der Waals surface area (Å²) < 4.78 is 0. The Bertz CT molecular complexity index is 233. The van der Waals surface area contributed by atoms with E-state index in [1.807, 2.05) is 14.1 Å².